The minimum Gasteiger partial charge on any atom is -0.370 e. The quantitative estimate of drug-likeness (QED) is 0.595. The molecule has 0 bridgehead atoms. The van der Waals surface area contributed by atoms with Crippen LogP contribution in [0.1, 0.15) is 43.0 Å². The minimum atomic E-state index is -0.707. The molecule has 3 aliphatic heterocycles. The summed E-state index contributed by atoms with van der Waals surface area (Å²) in [6.45, 7) is 6.47. The molecule has 0 spiro atoms. The Morgan fingerprint density at radius 2 is 1.94 bits per heavy atom. The van der Waals surface area contributed by atoms with Crippen LogP contribution in [0.25, 0.3) is 11.0 Å². The van der Waals surface area contributed by atoms with Gasteiger partial charge in [0.1, 0.15) is 36.4 Å². The van der Waals surface area contributed by atoms with E-state index < -0.39 is 5.79 Å². The summed E-state index contributed by atoms with van der Waals surface area (Å²) < 4.78 is 27.6. The van der Waals surface area contributed by atoms with E-state index in [9.17, 15) is 0 Å². The van der Waals surface area contributed by atoms with Gasteiger partial charge in [0.15, 0.2) is 12.0 Å². The van der Waals surface area contributed by atoms with Gasteiger partial charge in [-0.15, -0.1) is 0 Å². The average molecular weight is 442 g/mol. The van der Waals surface area contributed by atoms with Crippen LogP contribution in [0.5, 0.6) is 0 Å². The number of aromatic nitrogens is 3. The number of ether oxygens (including phenoxy) is 4. The molecule has 3 aliphatic rings. The Balaban J connectivity index is 1.42. The number of rotatable bonds is 2. The molecule has 7 nitrogen and oxygen atoms in total. The van der Waals surface area contributed by atoms with Crippen LogP contribution in [0.2, 0.25) is 5.02 Å². The van der Waals surface area contributed by atoms with E-state index in [4.69, 9.17) is 30.5 Å². The number of hydrogen-bond acceptors (Lipinski definition) is 6. The third kappa shape index (κ3) is 3.10. The zero-order chi connectivity index (χ0) is 21.3. The summed E-state index contributed by atoms with van der Waals surface area (Å²) in [6, 6.07) is 7.98. The highest BCUT2D eigenvalue weighted by Crippen LogP contribution is 2.49. The van der Waals surface area contributed by atoms with Gasteiger partial charge in [-0.25, -0.2) is 9.97 Å². The molecule has 2 aromatic heterocycles. The fraction of sp³-hybridized carbons (Fsp3) is 0.478. The lowest BCUT2D eigenvalue weighted by atomic mass is 9.92. The highest BCUT2D eigenvalue weighted by atomic mass is 35.5. The van der Waals surface area contributed by atoms with Crippen LogP contribution in [-0.4, -0.2) is 45.2 Å². The minimum absolute atomic E-state index is 0.255. The molecule has 0 saturated carbocycles. The molecule has 8 heteroatoms. The molecule has 1 aromatic carbocycles. The molecule has 0 N–H and O–H groups in total. The van der Waals surface area contributed by atoms with Crippen molar-refractivity contribution in [3.05, 3.63) is 58.6 Å². The first-order chi connectivity index (χ1) is 14.9. The van der Waals surface area contributed by atoms with Gasteiger partial charge in [-0.1, -0.05) is 17.7 Å². The average Bonchev–Trinajstić information content (AvgIpc) is 3.38. The lowest BCUT2D eigenvalue weighted by Gasteiger charge is -2.33. The molecule has 5 atom stereocenters. The van der Waals surface area contributed by atoms with E-state index in [1.54, 1.807) is 6.33 Å². The molecule has 31 heavy (non-hydrogen) atoms. The molecule has 0 unspecified atom stereocenters. The molecule has 0 radical (unpaired) electrons. The van der Waals surface area contributed by atoms with Crippen LogP contribution >= 0.6 is 11.6 Å². The molecular weight excluding hydrogens is 418 g/mol. The fourth-order valence-electron chi connectivity index (χ4n) is 5.10. The van der Waals surface area contributed by atoms with Crippen molar-refractivity contribution in [2.45, 2.75) is 63.6 Å². The summed E-state index contributed by atoms with van der Waals surface area (Å²) in [7, 11) is 0. The predicted molar refractivity (Wildman–Crippen MR) is 114 cm³/mol. The molecule has 0 aliphatic carbocycles. The molecule has 6 rings (SSSR count). The molecule has 3 aromatic rings. The highest BCUT2D eigenvalue weighted by molar-refractivity contribution is 6.30. The summed E-state index contributed by atoms with van der Waals surface area (Å²) in [5, 5.41) is 1.73. The van der Waals surface area contributed by atoms with Crippen LogP contribution < -0.4 is 0 Å². The normalized spacial score (nSPS) is 31.7. The summed E-state index contributed by atoms with van der Waals surface area (Å²) in [5.74, 6) is -0.707. The van der Waals surface area contributed by atoms with Gasteiger partial charge >= 0.3 is 0 Å². The summed E-state index contributed by atoms with van der Waals surface area (Å²) >= 11 is 6.24. The summed E-state index contributed by atoms with van der Waals surface area (Å²) in [6.07, 6.45) is 2.88. The van der Waals surface area contributed by atoms with E-state index in [2.05, 4.69) is 9.97 Å². The number of hydrogen-bond donors (Lipinski definition) is 0. The van der Waals surface area contributed by atoms with Crippen molar-refractivity contribution in [2.24, 2.45) is 0 Å². The van der Waals surface area contributed by atoms with Crippen molar-refractivity contribution in [1.82, 2.24) is 14.5 Å². The molecule has 162 valence electrons. The third-order valence-electron chi connectivity index (χ3n) is 6.43. The Labute approximate surface area is 185 Å². The van der Waals surface area contributed by atoms with Gasteiger partial charge in [0, 0.05) is 16.6 Å². The Morgan fingerprint density at radius 1 is 1.10 bits per heavy atom. The first-order valence-electron chi connectivity index (χ1n) is 10.6. The smallest absolute Gasteiger partial charge is 0.164 e. The number of benzene rings is 1. The lowest BCUT2D eigenvalue weighted by molar-refractivity contribution is -0.212. The highest BCUT2D eigenvalue weighted by Gasteiger charge is 2.58. The van der Waals surface area contributed by atoms with Crippen molar-refractivity contribution in [1.29, 1.82) is 0 Å². The first-order valence-corrected chi connectivity index (χ1v) is 11.0. The molecule has 2 fully saturated rings. The van der Waals surface area contributed by atoms with Crippen molar-refractivity contribution in [2.75, 3.05) is 6.61 Å². The van der Waals surface area contributed by atoms with E-state index in [0.29, 0.717) is 6.61 Å². The Hall–Kier alpha value is -2.03. The van der Waals surface area contributed by atoms with Crippen molar-refractivity contribution < 1.29 is 18.9 Å². The fourth-order valence-corrected chi connectivity index (χ4v) is 5.30. The monoisotopic (exact) mass is 441 g/mol. The maximum Gasteiger partial charge on any atom is 0.164 e. The SMILES string of the molecule is Cc1ncnc2c1ccn2[C@@H]1O[C@H]([C@@H]2OCCc3cc(Cl)ccc32)[C@H]2OC(C)(C)O[C@H]21. The van der Waals surface area contributed by atoms with E-state index in [0.717, 1.165) is 33.7 Å². The predicted octanol–water partition coefficient (Wildman–Crippen LogP) is 4.12. The van der Waals surface area contributed by atoms with E-state index in [1.165, 1.54) is 5.56 Å². The topological polar surface area (TPSA) is 67.6 Å². The van der Waals surface area contributed by atoms with Crippen LogP contribution in [0, 0.1) is 6.92 Å². The second kappa shape index (κ2) is 6.98. The van der Waals surface area contributed by atoms with Crippen LogP contribution in [-0.2, 0) is 25.4 Å². The number of nitrogens with zero attached hydrogens (tertiary/aromatic N) is 3. The summed E-state index contributed by atoms with van der Waals surface area (Å²) in [5.41, 5.74) is 4.05. The van der Waals surface area contributed by atoms with Gasteiger partial charge < -0.3 is 23.5 Å². The third-order valence-corrected chi connectivity index (χ3v) is 6.66. The van der Waals surface area contributed by atoms with Gasteiger partial charge in [-0.3, -0.25) is 0 Å². The van der Waals surface area contributed by atoms with E-state index in [-0.39, 0.29) is 30.6 Å². The van der Waals surface area contributed by atoms with E-state index in [1.807, 2.05) is 55.8 Å². The first kappa shape index (κ1) is 19.6. The van der Waals surface area contributed by atoms with Gasteiger partial charge in [0.05, 0.1) is 12.3 Å². The second-order valence-corrected chi connectivity index (χ2v) is 9.30. The van der Waals surface area contributed by atoms with Crippen molar-refractivity contribution in [3.63, 3.8) is 0 Å². The zero-order valence-corrected chi connectivity index (χ0v) is 18.4. The standard InChI is InChI=1S/C23H24ClN3O4/c1-12-15-6-8-27(21(15)26-11-25-12)22-20-19(30-23(2,3)31-20)18(29-22)17-16-5-4-14(24)10-13(16)7-9-28-17/h4-6,8,10-11,17-20,22H,7,9H2,1-3H3/t17-,18-,19-,20-,22-/m1/s1. The van der Waals surface area contributed by atoms with Gasteiger partial charge in [-0.05, 0) is 56.5 Å². The van der Waals surface area contributed by atoms with Crippen molar-refractivity contribution in [3.8, 4) is 0 Å². The van der Waals surface area contributed by atoms with Crippen LogP contribution in [0.3, 0.4) is 0 Å². The second-order valence-electron chi connectivity index (χ2n) is 8.86. The molecule has 5 heterocycles. The maximum atomic E-state index is 6.64. The van der Waals surface area contributed by atoms with Crippen molar-refractivity contribution >= 4 is 22.6 Å². The molecule has 0 amide bonds. The summed E-state index contributed by atoms with van der Waals surface area (Å²) in [4.78, 5) is 8.82. The largest absolute Gasteiger partial charge is 0.370 e. The number of fused-ring (bicyclic) bond motifs is 3. The Kier molecular flexibility index (Phi) is 4.43. The van der Waals surface area contributed by atoms with Crippen LogP contribution in [0.4, 0.5) is 0 Å². The van der Waals surface area contributed by atoms with Gasteiger partial charge in [-0.2, -0.15) is 0 Å². The van der Waals surface area contributed by atoms with Crippen LogP contribution in [0.15, 0.2) is 36.8 Å². The van der Waals surface area contributed by atoms with Gasteiger partial charge in [0.2, 0.25) is 0 Å². The molecule has 2 saturated heterocycles. The number of halogens is 1. The zero-order valence-electron chi connectivity index (χ0n) is 17.6. The van der Waals surface area contributed by atoms with Gasteiger partial charge in [0.25, 0.3) is 0 Å². The maximum absolute atomic E-state index is 6.64. The Morgan fingerprint density at radius 3 is 2.81 bits per heavy atom. The molecular formula is C23H24ClN3O4. The Bertz CT molecular complexity index is 1160. The lowest BCUT2D eigenvalue weighted by Crippen LogP contribution is -2.37. The van der Waals surface area contributed by atoms with E-state index >= 15 is 0 Å². The number of aryl methyl sites for hydroxylation is 1.